The van der Waals surface area contributed by atoms with Crippen LogP contribution in [0.3, 0.4) is 0 Å². The molecule has 3 aromatic rings. The Morgan fingerprint density at radius 3 is 3.04 bits per heavy atom. The molecule has 4 heterocycles. The summed E-state index contributed by atoms with van der Waals surface area (Å²) in [5.41, 5.74) is 2.67. The predicted octanol–water partition coefficient (Wildman–Crippen LogP) is 2.51. The van der Waals surface area contributed by atoms with Crippen LogP contribution < -0.4 is 5.32 Å². The Labute approximate surface area is 162 Å². The SMILES string of the molecule is CS(=O)(=O)N1CCCC(Nc2ncccc2-c2cnc3[nH]cc(Cl)c3n2)C1. The number of piperidine rings is 1. The molecular formula is C17H19ClN6O2S. The van der Waals surface area contributed by atoms with E-state index >= 15 is 0 Å². The first-order valence-electron chi connectivity index (χ1n) is 8.58. The highest BCUT2D eigenvalue weighted by molar-refractivity contribution is 7.88. The van der Waals surface area contributed by atoms with E-state index in [4.69, 9.17) is 11.6 Å². The number of hydrogen-bond acceptors (Lipinski definition) is 6. The van der Waals surface area contributed by atoms with Crippen molar-refractivity contribution in [2.45, 2.75) is 18.9 Å². The molecule has 1 aliphatic heterocycles. The maximum absolute atomic E-state index is 11.9. The lowest BCUT2D eigenvalue weighted by molar-refractivity contribution is 0.329. The molecule has 8 nitrogen and oxygen atoms in total. The lowest BCUT2D eigenvalue weighted by atomic mass is 10.1. The van der Waals surface area contributed by atoms with Crippen LogP contribution in [0.5, 0.6) is 0 Å². The van der Waals surface area contributed by atoms with Gasteiger partial charge in [-0.15, -0.1) is 0 Å². The van der Waals surface area contributed by atoms with Crippen LogP contribution in [0.2, 0.25) is 5.02 Å². The maximum atomic E-state index is 11.9. The van der Waals surface area contributed by atoms with Crippen molar-refractivity contribution in [2.75, 3.05) is 24.7 Å². The fourth-order valence-corrected chi connectivity index (χ4v) is 4.37. The van der Waals surface area contributed by atoms with E-state index < -0.39 is 10.0 Å². The molecule has 4 rings (SSSR count). The zero-order valence-electron chi connectivity index (χ0n) is 14.7. The van der Waals surface area contributed by atoms with Gasteiger partial charge in [0.05, 0.1) is 23.2 Å². The molecule has 0 bridgehead atoms. The molecule has 0 amide bonds. The second kappa shape index (κ2) is 7.06. The van der Waals surface area contributed by atoms with E-state index in [0.717, 1.165) is 18.4 Å². The molecule has 1 unspecified atom stereocenters. The molecular weight excluding hydrogens is 388 g/mol. The number of sulfonamides is 1. The van der Waals surface area contributed by atoms with Gasteiger partial charge < -0.3 is 10.3 Å². The summed E-state index contributed by atoms with van der Waals surface area (Å²) in [6, 6.07) is 3.71. The molecule has 10 heteroatoms. The third kappa shape index (κ3) is 3.76. The van der Waals surface area contributed by atoms with E-state index in [2.05, 4.69) is 25.3 Å². The summed E-state index contributed by atoms with van der Waals surface area (Å²) in [6.45, 7) is 0.976. The third-order valence-corrected chi connectivity index (χ3v) is 6.17. The molecule has 2 N–H and O–H groups in total. The number of anilines is 1. The molecule has 0 aromatic carbocycles. The number of aromatic amines is 1. The number of aromatic nitrogens is 4. The minimum absolute atomic E-state index is 0.0188. The van der Waals surface area contributed by atoms with Crippen molar-refractivity contribution in [3.8, 4) is 11.3 Å². The Morgan fingerprint density at radius 2 is 2.22 bits per heavy atom. The van der Waals surface area contributed by atoms with Gasteiger partial charge in [0.25, 0.3) is 0 Å². The minimum Gasteiger partial charge on any atom is -0.365 e. The summed E-state index contributed by atoms with van der Waals surface area (Å²) in [6.07, 6.45) is 7.93. The number of rotatable bonds is 4. The average molecular weight is 407 g/mol. The van der Waals surface area contributed by atoms with Gasteiger partial charge in [-0.25, -0.2) is 27.7 Å². The van der Waals surface area contributed by atoms with Crippen LogP contribution in [0, 0.1) is 0 Å². The number of nitrogens with one attached hydrogen (secondary N) is 2. The average Bonchev–Trinajstić information content (AvgIpc) is 3.02. The first kappa shape index (κ1) is 18.1. The van der Waals surface area contributed by atoms with Crippen molar-refractivity contribution in [1.29, 1.82) is 0 Å². The zero-order chi connectivity index (χ0) is 19.0. The normalized spacial score (nSPS) is 18.7. The molecule has 1 saturated heterocycles. The highest BCUT2D eigenvalue weighted by Gasteiger charge is 2.26. The van der Waals surface area contributed by atoms with Gasteiger partial charge in [0.2, 0.25) is 10.0 Å². The van der Waals surface area contributed by atoms with Crippen LogP contribution in [0.15, 0.2) is 30.7 Å². The van der Waals surface area contributed by atoms with Gasteiger partial charge in [-0.3, -0.25) is 0 Å². The summed E-state index contributed by atoms with van der Waals surface area (Å²) in [7, 11) is -3.20. The monoisotopic (exact) mass is 406 g/mol. The molecule has 1 aliphatic rings. The molecule has 142 valence electrons. The van der Waals surface area contributed by atoms with E-state index in [0.29, 0.717) is 40.8 Å². The Hall–Kier alpha value is -2.23. The van der Waals surface area contributed by atoms with Gasteiger partial charge in [-0.1, -0.05) is 11.6 Å². The van der Waals surface area contributed by atoms with Crippen LogP contribution >= 0.6 is 11.6 Å². The van der Waals surface area contributed by atoms with Gasteiger partial charge in [0.15, 0.2) is 5.65 Å². The Bertz CT molecular complexity index is 1080. The molecule has 1 atom stereocenters. The molecule has 0 saturated carbocycles. The highest BCUT2D eigenvalue weighted by Crippen LogP contribution is 2.28. The standard InChI is InChI=1S/C17H19ClN6O2S/c1-27(25,26)24-7-3-4-11(10-24)22-16-12(5-2-6-19-16)14-9-21-17-15(23-14)13(18)8-20-17/h2,5-6,8-9,11H,3-4,7,10H2,1H3,(H,19,22)(H,20,21). The van der Waals surface area contributed by atoms with Crippen molar-refractivity contribution in [3.63, 3.8) is 0 Å². The van der Waals surface area contributed by atoms with E-state index in [1.165, 1.54) is 10.6 Å². The minimum atomic E-state index is -3.20. The van der Waals surface area contributed by atoms with Gasteiger partial charge in [-0.05, 0) is 25.0 Å². The summed E-state index contributed by atoms with van der Waals surface area (Å²) < 4.78 is 25.2. The quantitative estimate of drug-likeness (QED) is 0.689. The lowest BCUT2D eigenvalue weighted by Gasteiger charge is -2.32. The summed E-state index contributed by atoms with van der Waals surface area (Å²) in [5.74, 6) is 0.651. The van der Waals surface area contributed by atoms with Crippen LogP contribution in [-0.2, 0) is 10.0 Å². The highest BCUT2D eigenvalue weighted by atomic mass is 35.5. The molecule has 3 aromatic heterocycles. The van der Waals surface area contributed by atoms with Crippen LogP contribution in [0.1, 0.15) is 12.8 Å². The number of pyridine rings is 1. The lowest BCUT2D eigenvalue weighted by Crippen LogP contribution is -2.44. The van der Waals surface area contributed by atoms with Crippen LogP contribution in [0.25, 0.3) is 22.4 Å². The first-order chi connectivity index (χ1) is 12.9. The van der Waals surface area contributed by atoms with Gasteiger partial charge in [0.1, 0.15) is 11.3 Å². The Kier molecular flexibility index (Phi) is 4.75. The summed E-state index contributed by atoms with van der Waals surface area (Å²) >= 11 is 6.16. The maximum Gasteiger partial charge on any atom is 0.211 e. The summed E-state index contributed by atoms with van der Waals surface area (Å²) in [5, 5.41) is 3.89. The van der Waals surface area contributed by atoms with Crippen LogP contribution in [0.4, 0.5) is 5.82 Å². The number of H-pyrrole nitrogens is 1. The number of fused-ring (bicyclic) bond motifs is 1. The molecule has 0 radical (unpaired) electrons. The Balaban J connectivity index is 1.64. The fourth-order valence-electron chi connectivity index (χ4n) is 3.27. The van der Waals surface area contributed by atoms with Gasteiger partial charge in [-0.2, -0.15) is 0 Å². The topological polar surface area (TPSA) is 104 Å². The van der Waals surface area contributed by atoms with E-state index in [1.54, 1.807) is 18.6 Å². The number of nitrogens with zero attached hydrogens (tertiary/aromatic N) is 4. The van der Waals surface area contributed by atoms with Crippen LogP contribution in [-0.4, -0.2) is 58.0 Å². The summed E-state index contributed by atoms with van der Waals surface area (Å²) in [4.78, 5) is 16.4. The molecule has 1 fully saturated rings. The Morgan fingerprint density at radius 1 is 1.37 bits per heavy atom. The molecule has 27 heavy (non-hydrogen) atoms. The largest absolute Gasteiger partial charge is 0.365 e. The zero-order valence-corrected chi connectivity index (χ0v) is 16.3. The molecule has 0 spiro atoms. The number of hydrogen-bond donors (Lipinski definition) is 2. The van der Waals surface area contributed by atoms with Gasteiger partial charge >= 0.3 is 0 Å². The third-order valence-electron chi connectivity index (χ3n) is 4.61. The van der Waals surface area contributed by atoms with Crippen molar-refractivity contribution < 1.29 is 8.42 Å². The van der Waals surface area contributed by atoms with Gasteiger partial charge in [0, 0.05) is 37.1 Å². The second-order valence-corrected chi connectivity index (χ2v) is 8.98. The van der Waals surface area contributed by atoms with Crippen molar-refractivity contribution in [2.24, 2.45) is 0 Å². The second-order valence-electron chi connectivity index (χ2n) is 6.59. The van der Waals surface area contributed by atoms with E-state index in [9.17, 15) is 8.42 Å². The van der Waals surface area contributed by atoms with E-state index in [-0.39, 0.29) is 6.04 Å². The smallest absolute Gasteiger partial charge is 0.211 e. The van der Waals surface area contributed by atoms with E-state index in [1.807, 2.05) is 12.1 Å². The van der Waals surface area contributed by atoms with Crippen molar-refractivity contribution in [3.05, 3.63) is 35.7 Å². The predicted molar refractivity (Wildman–Crippen MR) is 105 cm³/mol. The molecule has 0 aliphatic carbocycles. The first-order valence-corrected chi connectivity index (χ1v) is 10.8. The van der Waals surface area contributed by atoms with Crippen molar-refractivity contribution >= 4 is 38.6 Å². The number of halogens is 1. The van der Waals surface area contributed by atoms with Crippen molar-refractivity contribution in [1.82, 2.24) is 24.2 Å². The fraction of sp³-hybridized carbons (Fsp3) is 0.353.